The lowest BCUT2D eigenvalue weighted by atomic mass is 9.84. The van der Waals surface area contributed by atoms with E-state index in [1.807, 2.05) is 44.2 Å². The second-order valence-electron chi connectivity index (χ2n) is 6.90. The van der Waals surface area contributed by atoms with Gasteiger partial charge in [-0.3, -0.25) is 4.98 Å². The Morgan fingerprint density at radius 2 is 1.96 bits per heavy atom. The van der Waals surface area contributed by atoms with Gasteiger partial charge < -0.3 is 20.7 Å². The molecule has 0 spiro atoms. The van der Waals surface area contributed by atoms with Gasteiger partial charge >= 0.3 is 5.97 Å². The number of aliphatic carboxylic acids is 1. The first-order valence-corrected chi connectivity index (χ1v) is 8.64. The van der Waals surface area contributed by atoms with E-state index in [0.717, 1.165) is 5.56 Å². The molecular formula is C20H26N2O4. The summed E-state index contributed by atoms with van der Waals surface area (Å²) < 4.78 is 5.73. The Morgan fingerprint density at radius 3 is 2.58 bits per heavy atom. The van der Waals surface area contributed by atoms with Gasteiger partial charge in [-0.05, 0) is 24.0 Å². The molecule has 140 valence electrons. The van der Waals surface area contributed by atoms with Gasteiger partial charge in [-0.2, -0.15) is 0 Å². The molecule has 0 amide bonds. The molecule has 26 heavy (non-hydrogen) atoms. The van der Waals surface area contributed by atoms with E-state index in [9.17, 15) is 15.0 Å². The molecule has 0 saturated carbocycles. The topological polar surface area (TPSA) is 106 Å². The summed E-state index contributed by atoms with van der Waals surface area (Å²) in [5.41, 5.74) is 5.35. The van der Waals surface area contributed by atoms with Gasteiger partial charge in [0.1, 0.15) is 12.4 Å². The van der Waals surface area contributed by atoms with Crippen molar-refractivity contribution in [3.63, 3.8) is 0 Å². The summed E-state index contributed by atoms with van der Waals surface area (Å²) in [6.07, 6.45) is 1.75. The molecule has 0 aliphatic rings. The first kappa shape index (κ1) is 19.9. The van der Waals surface area contributed by atoms with E-state index in [1.54, 1.807) is 12.1 Å². The Bertz CT molecular complexity index is 721. The lowest BCUT2D eigenvalue weighted by Crippen LogP contribution is -2.56. The monoisotopic (exact) mass is 358 g/mol. The first-order valence-electron chi connectivity index (χ1n) is 8.64. The van der Waals surface area contributed by atoms with Crippen LogP contribution in [0, 0.1) is 5.92 Å². The number of hydrogen-bond donors (Lipinski definition) is 3. The predicted molar refractivity (Wildman–Crippen MR) is 98.7 cm³/mol. The highest BCUT2D eigenvalue weighted by molar-refractivity contribution is 5.78. The van der Waals surface area contributed by atoms with Crippen molar-refractivity contribution in [1.29, 1.82) is 0 Å². The standard InChI is InChI=1S/C20H26N2O4/c1-14(2)10-18(21)20(25,19(23)24)12-16-11-17(8-9-22-16)26-13-15-6-4-3-5-7-15/h3-9,11,14,18,25H,10,12-13,21H2,1-2H3,(H,23,24)/t18-,20+/m0/s1. The van der Waals surface area contributed by atoms with Crippen molar-refractivity contribution in [3.05, 3.63) is 59.9 Å². The third-order valence-corrected chi connectivity index (χ3v) is 4.20. The number of nitrogens with zero attached hydrogens (tertiary/aromatic N) is 1. The molecule has 0 fully saturated rings. The second kappa shape index (κ2) is 8.78. The van der Waals surface area contributed by atoms with Gasteiger partial charge in [-0.25, -0.2) is 4.79 Å². The zero-order valence-corrected chi connectivity index (χ0v) is 15.1. The molecule has 0 aliphatic carbocycles. The molecular weight excluding hydrogens is 332 g/mol. The molecule has 1 heterocycles. The minimum Gasteiger partial charge on any atom is -0.489 e. The van der Waals surface area contributed by atoms with Crippen LogP contribution < -0.4 is 10.5 Å². The van der Waals surface area contributed by atoms with Crippen LogP contribution in [0.2, 0.25) is 0 Å². The number of pyridine rings is 1. The lowest BCUT2D eigenvalue weighted by Gasteiger charge is -2.30. The van der Waals surface area contributed by atoms with Crippen molar-refractivity contribution in [2.45, 2.75) is 44.9 Å². The zero-order valence-electron chi connectivity index (χ0n) is 15.1. The highest BCUT2D eigenvalue weighted by atomic mass is 16.5. The molecule has 0 aliphatic heterocycles. The van der Waals surface area contributed by atoms with Crippen LogP contribution in [0.4, 0.5) is 0 Å². The smallest absolute Gasteiger partial charge is 0.337 e. The summed E-state index contributed by atoms with van der Waals surface area (Å²) in [6.45, 7) is 4.25. The van der Waals surface area contributed by atoms with Crippen LogP contribution in [0.1, 0.15) is 31.5 Å². The molecule has 4 N–H and O–H groups in total. The number of aromatic nitrogens is 1. The Morgan fingerprint density at radius 1 is 1.27 bits per heavy atom. The lowest BCUT2D eigenvalue weighted by molar-refractivity contribution is -0.161. The van der Waals surface area contributed by atoms with Gasteiger partial charge in [0.05, 0.1) is 0 Å². The van der Waals surface area contributed by atoms with Gasteiger partial charge in [-0.1, -0.05) is 44.2 Å². The van der Waals surface area contributed by atoms with Gasteiger partial charge in [0.25, 0.3) is 0 Å². The molecule has 2 rings (SSSR count). The average molecular weight is 358 g/mol. The molecule has 6 nitrogen and oxygen atoms in total. The molecule has 0 unspecified atom stereocenters. The first-order chi connectivity index (χ1) is 12.3. The number of carboxylic acid groups (broad SMARTS) is 1. The fourth-order valence-corrected chi connectivity index (χ4v) is 2.73. The Kier molecular flexibility index (Phi) is 6.71. The van der Waals surface area contributed by atoms with E-state index in [0.29, 0.717) is 24.5 Å². The SMILES string of the molecule is CC(C)C[C@H](N)[C@](O)(Cc1cc(OCc2ccccc2)ccn1)C(=O)O. The Hall–Kier alpha value is -2.44. The molecule has 2 aromatic rings. The quantitative estimate of drug-likeness (QED) is 0.635. The summed E-state index contributed by atoms with van der Waals surface area (Å²) in [5, 5.41) is 20.2. The van der Waals surface area contributed by atoms with E-state index in [2.05, 4.69) is 4.98 Å². The van der Waals surface area contributed by atoms with Gasteiger partial charge in [-0.15, -0.1) is 0 Å². The van der Waals surface area contributed by atoms with Gasteiger partial charge in [0.2, 0.25) is 0 Å². The van der Waals surface area contributed by atoms with Crippen LogP contribution in [0.25, 0.3) is 0 Å². The van der Waals surface area contributed by atoms with Crippen LogP contribution in [0.3, 0.4) is 0 Å². The van der Waals surface area contributed by atoms with Crippen molar-refractivity contribution in [1.82, 2.24) is 4.98 Å². The Balaban J connectivity index is 2.11. The van der Waals surface area contributed by atoms with Crippen LogP contribution in [0.5, 0.6) is 5.75 Å². The summed E-state index contributed by atoms with van der Waals surface area (Å²) in [5.74, 6) is -0.614. The number of hydrogen-bond acceptors (Lipinski definition) is 5. The number of ether oxygens (including phenoxy) is 1. The highest BCUT2D eigenvalue weighted by Gasteiger charge is 2.43. The minimum atomic E-state index is -2.07. The van der Waals surface area contributed by atoms with E-state index >= 15 is 0 Å². The summed E-state index contributed by atoms with van der Waals surface area (Å²) in [4.78, 5) is 15.8. The van der Waals surface area contributed by atoms with Crippen molar-refractivity contribution >= 4 is 5.97 Å². The van der Waals surface area contributed by atoms with Gasteiger partial charge in [0.15, 0.2) is 5.60 Å². The number of nitrogens with two attached hydrogens (primary N) is 1. The Labute approximate surface area is 153 Å². The molecule has 2 atom stereocenters. The zero-order chi connectivity index (χ0) is 19.2. The maximum absolute atomic E-state index is 11.7. The second-order valence-corrected chi connectivity index (χ2v) is 6.90. The molecule has 1 aromatic heterocycles. The third-order valence-electron chi connectivity index (χ3n) is 4.20. The fourth-order valence-electron chi connectivity index (χ4n) is 2.73. The largest absolute Gasteiger partial charge is 0.489 e. The number of benzene rings is 1. The average Bonchev–Trinajstić information content (AvgIpc) is 2.60. The molecule has 0 bridgehead atoms. The number of carboxylic acids is 1. The maximum Gasteiger partial charge on any atom is 0.337 e. The summed E-state index contributed by atoms with van der Waals surface area (Å²) in [7, 11) is 0. The van der Waals surface area contributed by atoms with Crippen molar-refractivity contribution < 1.29 is 19.7 Å². The third kappa shape index (κ3) is 5.28. The fraction of sp³-hybridized carbons (Fsp3) is 0.400. The van der Waals surface area contributed by atoms with Crippen LogP contribution in [-0.4, -0.2) is 32.8 Å². The number of aliphatic hydroxyl groups is 1. The van der Waals surface area contributed by atoms with E-state index in [1.165, 1.54) is 6.20 Å². The highest BCUT2D eigenvalue weighted by Crippen LogP contribution is 2.23. The normalized spacial score (nSPS) is 14.7. The molecule has 1 aromatic carbocycles. The van der Waals surface area contributed by atoms with E-state index < -0.39 is 17.6 Å². The minimum absolute atomic E-state index is 0.171. The maximum atomic E-state index is 11.7. The van der Waals surface area contributed by atoms with Crippen molar-refractivity contribution in [2.24, 2.45) is 11.7 Å². The van der Waals surface area contributed by atoms with Crippen LogP contribution >= 0.6 is 0 Å². The van der Waals surface area contributed by atoms with Crippen LogP contribution in [-0.2, 0) is 17.8 Å². The molecule has 6 heteroatoms. The summed E-state index contributed by atoms with van der Waals surface area (Å²) >= 11 is 0. The van der Waals surface area contributed by atoms with E-state index in [4.69, 9.17) is 10.5 Å². The predicted octanol–water partition coefficient (Wildman–Crippen LogP) is 2.39. The van der Waals surface area contributed by atoms with Gasteiger partial charge in [0, 0.05) is 30.4 Å². The van der Waals surface area contributed by atoms with Crippen LogP contribution in [0.15, 0.2) is 48.7 Å². The number of carbonyl (C=O) groups is 1. The van der Waals surface area contributed by atoms with E-state index in [-0.39, 0.29) is 12.3 Å². The molecule has 0 radical (unpaired) electrons. The van der Waals surface area contributed by atoms with Crippen molar-refractivity contribution in [2.75, 3.05) is 0 Å². The summed E-state index contributed by atoms with van der Waals surface area (Å²) in [6, 6.07) is 12.1. The molecule has 0 saturated heterocycles. The van der Waals surface area contributed by atoms with Crippen molar-refractivity contribution in [3.8, 4) is 5.75 Å². The number of rotatable bonds is 9.